The first kappa shape index (κ1) is 28.1. The zero-order valence-corrected chi connectivity index (χ0v) is 24.2. The normalized spacial score (nSPS) is 21.6. The molecule has 2 N–H and O–H groups in total. The zero-order valence-electron chi connectivity index (χ0n) is 22.7. The number of rotatable bonds is 9. The Labute approximate surface area is 249 Å². The Hall–Kier alpha value is -3.00. The van der Waals surface area contributed by atoms with Crippen LogP contribution in [0.2, 0.25) is 10.0 Å². The average Bonchev–Trinajstić information content (AvgIpc) is 3.72. The summed E-state index contributed by atoms with van der Waals surface area (Å²) in [5, 5.41) is 0.944. The molecule has 3 aliphatic rings. The van der Waals surface area contributed by atoms with E-state index in [0.717, 1.165) is 24.8 Å². The largest absolute Gasteiger partial charge is 0.369 e. The minimum Gasteiger partial charge on any atom is -0.369 e. The summed E-state index contributed by atoms with van der Waals surface area (Å²) in [7, 11) is 0. The minimum absolute atomic E-state index is 0.0221. The van der Waals surface area contributed by atoms with Gasteiger partial charge in [0, 0.05) is 16.8 Å². The van der Waals surface area contributed by atoms with Gasteiger partial charge in [-0.25, -0.2) is 4.39 Å². The molecular weight excluding hydrogens is 564 g/mol. The van der Waals surface area contributed by atoms with E-state index in [-0.39, 0.29) is 30.2 Å². The number of carbonyl (C=O) groups is 2. The van der Waals surface area contributed by atoms with E-state index in [1.54, 1.807) is 42.5 Å². The number of fused-ring (bicyclic) bond motifs is 1. The van der Waals surface area contributed by atoms with Crippen LogP contribution in [0.3, 0.4) is 0 Å². The smallest absolute Gasteiger partial charge is 0.257 e. The number of carbonyl (C=O) groups excluding carboxylic acids is 2. The van der Waals surface area contributed by atoms with Gasteiger partial charge in [-0.3, -0.25) is 19.5 Å². The first-order chi connectivity index (χ1) is 19.7. The van der Waals surface area contributed by atoms with Gasteiger partial charge >= 0.3 is 0 Å². The summed E-state index contributed by atoms with van der Waals surface area (Å²) in [6.45, 7) is -0.0419. The van der Waals surface area contributed by atoms with Gasteiger partial charge in [-0.2, -0.15) is 0 Å². The van der Waals surface area contributed by atoms with E-state index in [1.807, 2.05) is 6.07 Å². The highest BCUT2D eigenvalue weighted by molar-refractivity contribution is 6.30. The Morgan fingerprint density at radius 1 is 1.05 bits per heavy atom. The van der Waals surface area contributed by atoms with Gasteiger partial charge in [0.25, 0.3) is 5.91 Å². The lowest BCUT2D eigenvalue weighted by Gasteiger charge is -2.40. The van der Waals surface area contributed by atoms with Gasteiger partial charge in [0.05, 0.1) is 40.4 Å². The fraction of sp³-hybridized carbons (Fsp3) is 0.406. The van der Waals surface area contributed by atoms with Crippen LogP contribution in [0, 0.1) is 17.2 Å². The summed E-state index contributed by atoms with van der Waals surface area (Å²) in [6, 6.07) is 13.6. The lowest BCUT2D eigenvalue weighted by Crippen LogP contribution is -2.48. The maximum atomic E-state index is 16.5. The third-order valence-electron chi connectivity index (χ3n) is 8.87. The Morgan fingerprint density at radius 3 is 2.39 bits per heavy atom. The van der Waals surface area contributed by atoms with Crippen molar-refractivity contribution in [1.82, 2.24) is 9.88 Å². The Kier molecular flexibility index (Phi) is 7.55. The van der Waals surface area contributed by atoms with Crippen LogP contribution in [-0.2, 0) is 28.2 Å². The molecule has 2 fully saturated rings. The van der Waals surface area contributed by atoms with Gasteiger partial charge in [0.15, 0.2) is 5.72 Å². The number of hydrogen-bond acceptors (Lipinski definition) is 4. The number of halogens is 3. The van der Waals surface area contributed by atoms with Crippen molar-refractivity contribution in [3.63, 3.8) is 0 Å². The third kappa shape index (κ3) is 5.24. The number of amides is 2. The van der Waals surface area contributed by atoms with Crippen molar-refractivity contribution >= 4 is 35.0 Å². The first-order valence-electron chi connectivity index (χ1n) is 14.2. The molecule has 1 aromatic heterocycles. The quantitative estimate of drug-likeness (QED) is 0.295. The standard InChI is InChI=1S/C32H32Cl2FN3O3/c33-23-8-6-22(7-9-23)32(41-19-31(12-13-31)30(36)40)28-26(29(39)38(32)18-25-11-10-24(34)17-37-25)15-21(16-27(28)35)14-20-4-2-1-3-5-20/h6-11,15-17,20H,1-5,12-14,18-19H2,(H2,36,40)/t32-/m1/s1. The highest BCUT2D eigenvalue weighted by atomic mass is 35.5. The number of benzene rings is 2. The van der Waals surface area contributed by atoms with Crippen molar-refractivity contribution in [1.29, 1.82) is 0 Å². The molecule has 214 valence electrons. The van der Waals surface area contributed by atoms with Gasteiger partial charge in [-0.15, -0.1) is 0 Å². The summed E-state index contributed by atoms with van der Waals surface area (Å²) in [5.74, 6) is -0.899. The summed E-state index contributed by atoms with van der Waals surface area (Å²) < 4.78 is 23.1. The van der Waals surface area contributed by atoms with Crippen molar-refractivity contribution in [2.75, 3.05) is 6.61 Å². The molecule has 1 aliphatic heterocycles. The van der Waals surface area contributed by atoms with Crippen molar-refractivity contribution in [2.24, 2.45) is 17.1 Å². The van der Waals surface area contributed by atoms with Crippen molar-refractivity contribution in [3.05, 3.63) is 98.5 Å². The van der Waals surface area contributed by atoms with Crippen LogP contribution in [0.1, 0.15) is 77.7 Å². The summed E-state index contributed by atoms with van der Waals surface area (Å²) in [5.41, 5.74) is 5.47. The second kappa shape index (κ2) is 11.0. The maximum absolute atomic E-state index is 16.5. The predicted octanol–water partition coefficient (Wildman–Crippen LogP) is 6.79. The summed E-state index contributed by atoms with van der Waals surface area (Å²) in [4.78, 5) is 32.5. The van der Waals surface area contributed by atoms with Gasteiger partial charge < -0.3 is 10.5 Å². The first-order valence-corrected chi connectivity index (χ1v) is 14.9. The summed E-state index contributed by atoms with van der Waals surface area (Å²) in [6.07, 6.45) is 9.15. The number of hydrogen-bond donors (Lipinski definition) is 1. The van der Waals surface area contributed by atoms with E-state index in [4.69, 9.17) is 33.7 Å². The highest BCUT2D eigenvalue weighted by Gasteiger charge is 2.57. The van der Waals surface area contributed by atoms with Crippen molar-refractivity contribution < 1.29 is 18.7 Å². The molecule has 1 atom stereocenters. The molecule has 2 heterocycles. The maximum Gasteiger partial charge on any atom is 0.257 e. The van der Waals surface area contributed by atoms with Crippen LogP contribution in [0.4, 0.5) is 4.39 Å². The van der Waals surface area contributed by atoms with E-state index in [2.05, 4.69) is 4.98 Å². The molecule has 3 aromatic rings. The molecule has 41 heavy (non-hydrogen) atoms. The lowest BCUT2D eigenvalue weighted by molar-refractivity contribution is -0.142. The highest BCUT2D eigenvalue weighted by Crippen LogP contribution is 2.52. The van der Waals surface area contributed by atoms with E-state index in [0.29, 0.717) is 40.1 Å². The van der Waals surface area contributed by atoms with Crippen LogP contribution >= 0.6 is 23.2 Å². The molecule has 2 amide bonds. The Balaban J connectivity index is 1.50. The molecule has 2 aliphatic carbocycles. The molecule has 6 nitrogen and oxygen atoms in total. The van der Waals surface area contributed by atoms with Gasteiger partial charge in [0.1, 0.15) is 5.82 Å². The van der Waals surface area contributed by atoms with E-state index in [1.165, 1.54) is 30.4 Å². The Bertz CT molecular complexity index is 1470. The van der Waals surface area contributed by atoms with Gasteiger partial charge in [-0.1, -0.05) is 67.4 Å². The molecule has 0 saturated heterocycles. The zero-order chi connectivity index (χ0) is 28.8. The number of pyridine rings is 1. The second-order valence-electron chi connectivity index (χ2n) is 11.7. The van der Waals surface area contributed by atoms with Crippen LogP contribution in [0.15, 0.2) is 54.7 Å². The van der Waals surface area contributed by atoms with Crippen molar-refractivity contribution in [3.8, 4) is 0 Å². The predicted molar refractivity (Wildman–Crippen MR) is 155 cm³/mol. The molecule has 0 unspecified atom stereocenters. The molecule has 2 saturated carbocycles. The molecule has 2 aromatic carbocycles. The number of ether oxygens (including phenoxy) is 1. The van der Waals surface area contributed by atoms with Crippen LogP contribution in [0.5, 0.6) is 0 Å². The Morgan fingerprint density at radius 2 is 1.76 bits per heavy atom. The molecular formula is C32H32Cl2FN3O3. The van der Waals surface area contributed by atoms with Crippen LogP contribution in [0.25, 0.3) is 0 Å². The van der Waals surface area contributed by atoms with E-state index in [9.17, 15) is 9.59 Å². The van der Waals surface area contributed by atoms with Crippen LogP contribution < -0.4 is 5.73 Å². The summed E-state index contributed by atoms with van der Waals surface area (Å²) >= 11 is 12.3. The molecule has 0 bridgehead atoms. The van der Waals surface area contributed by atoms with Crippen molar-refractivity contribution in [2.45, 2.75) is 63.6 Å². The number of aromatic nitrogens is 1. The number of nitrogens with two attached hydrogens (primary N) is 1. The lowest BCUT2D eigenvalue weighted by atomic mass is 9.83. The number of nitrogens with zero attached hydrogens (tertiary/aromatic N) is 2. The minimum atomic E-state index is -1.67. The monoisotopic (exact) mass is 595 g/mol. The van der Waals surface area contributed by atoms with E-state index < -0.39 is 22.9 Å². The number of primary amides is 1. The molecule has 6 rings (SSSR count). The molecule has 0 radical (unpaired) electrons. The van der Waals surface area contributed by atoms with Gasteiger partial charge in [-0.05, 0) is 67.1 Å². The molecule has 0 spiro atoms. The SMILES string of the molecule is NC(=O)C1(CO[C@]2(c3ccc(Cl)cc3)c3c(F)cc(CC4CCCCC4)cc3C(=O)N2Cc2ccc(Cl)cn2)CC1. The fourth-order valence-electron chi connectivity index (χ4n) is 6.35. The van der Waals surface area contributed by atoms with Crippen LogP contribution in [-0.4, -0.2) is 28.3 Å². The third-order valence-corrected chi connectivity index (χ3v) is 9.35. The topological polar surface area (TPSA) is 85.5 Å². The second-order valence-corrected chi connectivity index (χ2v) is 12.5. The van der Waals surface area contributed by atoms with Gasteiger partial charge in [0.2, 0.25) is 5.91 Å². The average molecular weight is 597 g/mol. The fourth-order valence-corrected chi connectivity index (χ4v) is 6.59. The molecule has 9 heteroatoms. The van der Waals surface area contributed by atoms with E-state index >= 15 is 4.39 Å².